The molecule has 5 heteroatoms. The van der Waals surface area contributed by atoms with Crippen LogP contribution in [0.4, 0.5) is 0 Å². The first-order valence-corrected chi connectivity index (χ1v) is 26.3. The van der Waals surface area contributed by atoms with Crippen LogP contribution < -0.4 is 5.32 Å². The highest BCUT2D eigenvalue weighted by Gasteiger charge is 2.26. The van der Waals surface area contributed by atoms with Gasteiger partial charge in [-0.2, -0.15) is 0 Å². The van der Waals surface area contributed by atoms with Crippen molar-refractivity contribution in [2.45, 2.75) is 321 Å². The van der Waals surface area contributed by atoms with Crippen molar-refractivity contribution in [3.63, 3.8) is 0 Å². The van der Waals surface area contributed by atoms with Gasteiger partial charge in [-0.1, -0.05) is 284 Å². The lowest BCUT2D eigenvalue weighted by Gasteiger charge is -2.26. The van der Waals surface area contributed by atoms with Gasteiger partial charge in [0.1, 0.15) is 6.10 Å². The molecule has 3 atom stereocenters. The maximum absolute atomic E-state index is 12.4. The molecular formula is C52H105NO4. The number of rotatable bonds is 49. The van der Waals surface area contributed by atoms with Gasteiger partial charge >= 0.3 is 0 Å². The molecule has 0 saturated carbocycles. The number of amides is 1. The zero-order valence-electron chi connectivity index (χ0n) is 39.0. The fourth-order valence-electron chi connectivity index (χ4n) is 8.64. The number of hydrogen-bond donors (Lipinski definition) is 4. The van der Waals surface area contributed by atoms with E-state index in [0.717, 1.165) is 38.5 Å². The molecule has 0 bridgehead atoms. The normalized spacial score (nSPS) is 13.3. The second kappa shape index (κ2) is 48.0. The second-order valence-corrected chi connectivity index (χ2v) is 18.4. The number of hydrogen-bond acceptors (Lipinski definition) is 4. The quantitative estimate of drug-likeness (QED) is 0.0461. The molecule has 0 spiro atoms. The molecular weight excluding hydrogens is 703 g/mol. The topological polar surface area (TPSA) is 89.8 Å². The number of carbonyl (C=O) groups is 1. The van der Waals surface area contributed by atoms with Crippen LogP contribution in [0.3, 0.4) is 0 Å². The average molecular weight is 808 g/mol. The van der Waals surface area contributed by atoms with E-state index in [-0.39, 0.29) is 12.5 Å². The molecule has 4 N–H and O–H groups in total. The maximum atomic E-state index is 12.4. The van der Waals surface area contributed by atoms with Crippen LogP contribution in [0, 0.1) is 0 Å². The summed E-state index contributed by atoms with van der Waals surface area (Å²) in [5.41, 5.74) is 0. The van der Waals surface area contributed by atoms with Crippen LogP contribution in [-0.4, -0.2) is 46.1 Å². The molecule has 0 saturated heterocycles. The molecule has 342 valence electrons. The Morgan fingerprint density at radius 2 is 0.596 bits per heavy atom. The Hall–Kier alpha value is -0.650. The SMILES string of the molecule is CCCCCCCCCCCCCCCCCCCCCCCCCCCCCCCCCCCC(=O)NC(CO)C(O)C(O)CCCCCCCCCCCC. The van der Waals surface area contributed by atoms with Crippen LogP contribution in [0.25, 0.3) is 0 Å². The van der Waals surface area contributed by atoms with Gasteiger partial charge in [-0.3, -0.25) is 4.79 Å². The fraction of sp³-hybridized carbons (Fsp3) is 0.981. The summed E-state index contributed by atoms with van der Waals surface area (Å²) in [6, 6.07) is -0.802. The van der Waals surface area contributed by atoms with Gasteiger partial charge in [0, 0.05) is 6.42 Å². The Bertz CT molecular complexity index is 762. The Morgan fingerprint density at radius 1 is 0.368 bits per heavy atom. The lowest BCUT2D eigenvalue weighted by molar-refractivity contribution is -0.124. The highest BCUT2D eigenvalue weighted by molar-refractivity contribution is 5.76. The predicted octanol–water partition coefficient (Wildman–Crippen LogP) is 15.8. The monoisotopic (exact) mass is 808 g/mol. The predicted molar refractivity (Wildman–Crippen MR) is 250 cm³/mol. The standard InChI is InChI=1S/C52H105NO4/c1-3-5-7-9-11-13-15-16-17-18-19-20-21-22-23-24-25-26-27-28-29-30-31-32-33-34-35-36-37-39-41-43-45-47-51(56)53-49(48-54)52(57)50(55)46-44-42-40-38-14-12-10-8-6-4-2/h49-50,52,54-55,57H,3-48H2,1-2H3,(H,53,56). The molecule has 0 aromatic carbocycles. The van der Waals surface area contributed by atoms with E-state index in [4.69, 9.17) is 0 Å². The number of unbranched alkanes of at least 4 members (excludes halogenated alkanes) is 41. The van der Waals surface area contributed by atoms with Crippen LogP contribution >= 0.6 is 0 Å². The number of carbonyl (C=O) groups excluding carboxylic acids is 1. The fourth-order valence-corrected chi connectivity index (χ4v) is 8.64. The van der Waals surface area contributed by atoms with E-state index in [9.17, 15) is 20.1 Å². The smallest absolute Gasteiger partial charge is 0.220 e. The van der Waals surface area contributed by atoms with Gasteiger partial charge < -0.3 is 20.6 Å². The molecule has 0 aliphatic carbocycles. The summed E-state index contributed by atoms with van der Waals surface area (Å²) >= 11 is 0. The highest BCUT2D eigenvalue weighted by atomic mass is 16.3. The first-order chi connectivity index (χ1) is 28.1. The first kappa shape index (κ1) is 56.4. The molecule has 0 aromatic heterocycles. The third-order valence-corrected chi connectivity index (χ3v) is 12.7. The minimum Gasteiger partial charge on any atom is -0.394 e. The average Bonchev–Trinajstić information content (AvgIpc) is 3.22. The van der Waals surface area contributed by atoms with Crippen molar-refractivity contribution < 1.29 is 20.1 Å². The summed E-state index contributed by atoms with van der Waals surface area (Å²) in [7, 11) is 0. The van der Waals surface area contributed by atoms with Crippen LogP contribution in [0.1, 0.15) is 303 Å². The van der Waals surface area contributed by atoms with Crippen molar-refractivity contribution in [3.8, 4) is 0 Å². The molecule has 0 aliphatic heterocycles. The van der Waals surface area contributed by atoms with E-state index in [0.29, 0.717) is 12.8 Å². The summed E-state index contributed by atoms with van der Waals surface area (Å²) in [4.78, 5) is 12.4. The van der Waals surface area contributed by atoms with Crippen LogP contribution in [0.15, 0.2) is 0 Å². The molecule has 1 amide bonds. The number of aliphatic hydroxyl groups is 3. The van der Waals surface area contributed by atoms with E-state index in [2.05, 4.69) is 19.2 Å². The van der Waals surface area contributed by atoms with E-state index < -0.39 is 18.2 Å². The first-order valence-electron chi connectivity index (χ1n) is 26.3. The van der Waals surface area contributed by atoms with Gasteiger partial charge in [0.15, 0.2) is 0 Å². The maximum Gasteiger partial charge on any atom is 0.220 e. The van der Waals surface area contributed by atoms with Gasteiger partial charge in [-0.15, -0.1) is 0 Å². The van der Waals surface area contributed by atoms with Crippen molar-refractivity contribution in [1.29, 1.82) is 0 Å². The molecule has 0 aliphatic rings. The Kier molecular flexibility index (Phi) is 47.5. The third kappa shape index (κ3) is 43.3. The Labute approximate surface area is 357 Å². The van der Waals surface area contributed by atoms with Gasteiger partial charge in [0.25, 0.3) is 0 Å². The van der Waals surface area contributed by atoms with E-state index in [1.54, 1.807) is 0 Å². The Balaban J connectivity index is 3.39. The van der Waals surface area contributed by atoms with Gasteiger partial charge in [0.05, 0.1) is 18.8 Å². The molecule has 0 heterocycles. The second-order valence-electron chi connectivity index (χ2n) is 18.4. The molecule has 0 rings (SSSR count). The molecule has 0 radical (unpaired) electrons. The third-order valence-electron chi connectivity index (χ3n) is 12.7. The van der Waals surface area contributed by atoms with E-state index in [1.165, 1.54) is 238 Å². The van der Waals surface area contributed by atoms with Gasteiger partial charge in [0.2, 0.25) is 5.91 Å². The van der Waals surface area contributed by atoms with Gasteiger partial charge in [-0.25, -0.2) is 0 Å². The lowest BCUT2D eigenvalue weighted by atomic mass is 9.99. The zero-order chi connectivity index (χ0) is 41.5. The highest BCUT2D eigenvalue weighted by Crippen LogP contribution is 2.18. The molecule has 57 heavy (non-hydrogen) atoms. The zero-order valence-corrected chi connectivity index (χ0v) is 39.0. The minimum absolute atomic E-state index is 0.139. The van der Waals surface area contributed by atoms with Crippen molar-refractivity contribution in [2.75, 3.05) is 6.61 Å². The van der Waals surface area contributed by atoms with Crippen molar-refractivity contribution >= 4 is 5.91 Å². The lowest BCUT2D eigenvalue weighted by Crippen LogP contribution is -2.50. The molecule has 0 fully saturated rings. The van der Waals surface area contributed by atoms with Gasteiger partial charge in [-0.05, 0) is 12.8 Å². The Morgan fingerprint density at radius 3 is 0.842 bits per heavy atom. The van der Waals surface area contributed by atoms with Crippen LogP contribution in [0.5, 0.6) is 0 Å². The summed E-state index contributed by atoms with van der Waals surface area (Å²) in [5, 5.41) is 33.5. The largest absolute Gasteiger partial charge is 0.394 e. The van der Waals surface area contributed by atoms with Crippen molar-refractivity contribution in [1.82, 2.24) is 5.32 Å². The summed E-state index contributed by atoms with van der Waals surface area (Å²) < 4.78 is 0. The summed E-state index contributed by atoms with van der Waals surface area (Å²) in [5.74, 6) is -0.139. The van der Waals surface area contributed by atoms with E-state index >= 15 is 0 Å². The van der Waals surface area contributed by atoms with Crippen LogP contribution in [-0.2, 0) is 4.79 Å². The van der Waals surface area contributed by atoms with Crippen molar-refractivity contribution in [2.24, 2.45) is 0 Å². The molecule has 5 nitrogen and oxygen atoms in total. The van der Waals surface area contributed by atoms with Crippen LogP contribution in [0.2, 0.25) is 0 Å². The van der Waals surface area contributed by atoms with Crippen molar-refractivity contribution in [3.05, 3.63) is 0 Å². The minimum atomic E-state index is -1.13. The number of aliphatic hydroxyl groups excluding tert-OH is 3. The summed E-state index contributed by atoms with van der Waals surface area (Å²) in [6.45, 7) is 4.19. The van der Waals surface area contributed by atoms with E-state index in [1.807, 2.05) is 0 Å². The molecule has 3 unspecified atom stereocenters. The summed E-state index contributed by atoms with van der Waals surface area (Å²) in [6.07, 6.45) is 57.0. The number of nitrogens with one attached hydrogen (secondary N) is 1. The molecule has 0 aromatic rings.